The molecule has 0 aliphatic heterocycles. The molecule has 2 N–H and O–H groups in total. The summed E-state index contributed by atoms with van der Waals surface area (Å²) in [5.41, 5.74) is 6.42. The molecule has 1 aromatic rings. The molecule has 1 rings (SSSR count). The zero-order valence-electron chi connectivity index (χ0n) is 10.2. The Morgan fingerprint density at radius 2 is 2.17 bits per heavy atom. The van der Waals surface area contributed by atoms with Gasteiger partial charge < -0.3 is 10.6 Å². The predicted octanol–water partition coefficient (Wildman–Crippen LogP) is 3.61. The number of nitrogens with zero attached hydrogens (tertiary/aromatic N) is 1. The lowest BCUT2D eigenvalue weighted by molar-refractivity contribution is 0.0794. The molecule has 1 aromatic carbocycles. The first kappa shape index (κ1) is 14.9. The van der Waals surface area contributed by atoms with Crippen molar-refractivity contribution in [2.24, 2.45) is 0 Å². The van der Waals surface area contributed by atoms with Gasteiger partial charge in [-0.05, 0) is 25.0 Å². The van der Waals surface area contributed by atoms with Crippen LogP contribution in [0.4, 0.5) is 5.69 Å². The monoisotopic (exact) mass is 286 g/mol. The van der Waals surface area contributed by atoms with E-state index in [1.807, 2.05) is 6.08 Å². The Kier molecular flexibility index (Phi) is 5.51. The van der Waals surface area contributed by atoms with Crippen LogP contribution in [0.2, 0.25) is 10.0 Å². The molecule has 5 heteroatoms. The van der Waals surface area contributed by atoms with Crippen LogP contribution in [0.5, 0.6) is 0 Å². The Bertz CT molecular complexity index is 461. The van der Waals surface area contributed by atoms with E-state index >= 15 is 0 Å². The van der Waals surface area contributed by atoms with Crippen LogP contribution in [-0.2, 0) is 0 Å². The summed E-state index contributed by atoms with van der Waals surface area (Å²) in [4.78, 5) is 13.8. The van der Waals surface area contributed by atoms with Crippen molar-refractivity contribution in [1.82, 2.24) is 4.90 Å². The number of rotatable bonds is 5. The molecular weight excluding hydrogens is 271 g/mol. The first-order valence-corrected chi connectivity index (χ1v) is 6.33. The summed E-state index contributed by atoms with van der Waals surface area (Å²) in [5, 5.41) is 0.533. The third kappa shape index (κ3) is 3.65. The van der Waals surface area contributed by atoms with Crippen molar-refractivity contribution >= 4 is 34.8 Å². The predicted molar refractivity (Wildman–Crippen MR) is 77.3 cm³/mol. The topological polar surface area (TPSA) is 46.3 Å². The van der Waals surface area contributed by atoms with Crippen LogP contribution in [0.15, 0.2) is 24.8 Å². The number of anilines is 1. The fourth-order valence-electron chi connectivity index (χ4n) is 1.55. The quantitative estimate of drug-likeness (QED) is 0.511. The molecule has 0 unspecified atom stereocenters. The molecule has 0 spiro atoms. The van der Waals surface area contributed by atoms with Crippen molar-refractivity contribution in [1.29, 1.82) is 0 Å². The molecule has 0 bridgehead atoms. The average molecular weight is 287 g/mol. The Morgan fingerprint density at radius 3 is 2.78 bits per heavy atom. The van der Waals surface area contributed by atoms with Crippen molar-refractivity contribution in [2.75, 3.05) is 19.3 Å². The molecule has 0 aliphatic rings. The van der Waals surface area contributed by atoms with Gasteiger partial charge in [0.15, 0.2) is 0 Å². The third-order valence-electron chi connectivity index (χ3n) is 2.53. The van der Waals surface area contributed by atoms with Gasteiger partial charge >= 0.3 is 0 Å². The Morgan fingerprint density at radius 1 is 1.50 bits per heavy atom. The largest absolute Gasteiger partial charge is 0.399 e. The number of amides is 1. The van der Waals surface area contributed by atoms with E-state index in [0.717, 1.165) is 12.8 Å². The minimum atomic E-state index is -0.182. The molecule has 0 radical (unpaired) electrons. The van der Waals surface area contributed by atoms with Gasteiger partial charge in [-0.3, -0.25) is 4.79 Å². The number of halogens is 2. The average Bonchev–Trinajstić information content (AvgIpc) is 2.33. The molecule has 98 valence electrons. The maximum Gasteiger partial charge on any atom is 0.255 e. The summed E-state index contributed by atoms with van der Waals surface area (Å²) in [6.45, 7) is 4.27. The molecular formula is C13H16Cl2N2O. The highest BCUT2D eigenvalue weighted by molar-refractivity contribution is 6.44. The smallest absolute Gasteiger partial charge is 0.255 e. The summed E-state index contributed by atoms with van der Waals surface area (Å²) in [6, 6.07) is 3.07. The molecule has 0 aliphatic carbocycles. The molecule has 0 fully saturated rings. The standard InChI is InChI=1S/C13H16Cl2N2O/c1-3-4-5-6-17(2)13(18)10-7-9(16)8-11(14)12(10)15/h3,7-8H,1,4-6,16H2,2H3. The Hall–Kier alpha value is -1.19. The number of benzene rings is 1. The normalized spacial score (nSPS) is 10.2. The van der Waals surface area contributed by atoms with Crippen LogP contribution in [-0.4, -0.2) is 24.4 Å². The molecule has 1 amide bonds. The van der Waals surface area contributed by atoms with Crippen molar-refractivity contribution in [3.63, 3.8) is 0 Å². The van der Waals surface area contributed by atoms with Crippen molar-refractivity contribution in [3.05, 3.63) is 40.4 Å². The lowest BCUT2D eigenvalue weighted by Crippen LogP contribution is -2.28. The molecule has 0 atom stereocenters. The van der Waals surface area contributed by atoms with Gasteiger partial charge in [-0.15, -0.1) is 6.58 Å². The van der Waals surface area contributed by atoms with E-state index in [-0.39, 0.29) is 10.9 Å². The molecule has 18 heavy (non-hydrogen) atoms. The third-order valence-corrected chi connectivity index (χ3v) is 3.33. The summed E-state index contributed by atoms with van der Waals surface area (Å²) >= 11 is 11.9. The number of carbonyl (C=O) groups excluding carboxylic acids is 1. The van der Waals surface area contributed by atoms with E-state index in [1.54, 1.807) is 18.0 Å². The van der Waals surface area contributed by atoms with Crippen molar-refractivity contribution in [2.45, 2.75) is 12.8 Å². The fourth-order valence-corrected chi connectivity index (χ4v) is 1.96. The zero-order chi connectivity index (χ0) is 13.7. The van der Waals surface area contributed by atoms with E-state index in [4.69, 9.17) is 28.9 Å². The molecule has 0 heterocycles. The second-order valence-electron chi connectivity index (χ2n) is 4.02. The van der Waals surface area contributed by atoms with E-state index in [9.17, 15) is 4.79 Å². The number of carbonyl (C=O) groups is 1. The van der Waals surface area contributed by atoms with Crippen LogP contribution in [0.25, 0.3) is 0 Å². The van der Waals surface area contributed by atoms with Crippen LogP contribution in [0, 0.1) is 0 Å². The van der Waals surface area contributed by atoms with Crippen LogP contribution < -0.4 is 5.73 Å². The van der Waals surface area contributed by atoms with Gasteiger partial charge in [0.1, 0.15) is 0 Å². The maximum absolute atomic E-state index is 12.2. The number of allylic oxidation sites excluding steroid dienone is 1. The van der Waals surface area contributed by atoms with Crippen LogP contribution in [0.3, 0.4) is 0 Å². The van der Waals surface area contributed by atoms with Crippen LogP contribution in [0.1, 0.15) is 23.2 Å². The number of unbranched alkanes of at least 4 members (excludes halogenated alkanes) is 1. The van der Waals surface area contributed by atoms with Gasteiger partial charge in [-0.2, -0.15) is 0 Å². The van der Waals surface area contributed by atoms with E-state index in [1.165, 1.54) is 6.07 Å². The van der Waals surface area contributed by atoms with Crippen molar-refractivity contribution in [3.8, 4) is 0 Å². The summed E-state index contributed by atoms with van der Waals surface area (Å²) in [5.74, 6) is -0.182. The van der Waals surface area contributed by atoms with Gasteiger partial charge in [0, 0.05) is 19.3 Å². The summed E-state index contributed by atoms with van der Waals surface area (Å²) < 4.78 is 0. The molecule has 3 nitrogen and oxygen atoms in total. The summed E-state index contributed by atoms with van der Waals surface area (Å²) in [6.07, 6.45) is 3.55. The highest BCUT2D eigenvalue weighted by Crippen LogP contribution is 2.29. The van der Waals surface area contributed by atoms with Gasteiger partial charge in [-0.25, -0.2) is 0 Å². The van der Waals surface area contributed by atoms with Crippen molar-refractivity contribution < 1.29 is 4.79 Å². The Balaban J connectivity index is 2.86. The zero-order valence-corrected chi connectivity index (χ0v) is 11.8. The number of hydrogen-bond acceptors (Lipinski definition) is 2. The first-order valence-electron chi connectivity index (χ1n) is 5.58. The van der Waals surface area contributed by atoms with Gasteiger partial charge in [0.05, 0.1) is 15.6 Å². The number of nitrogen functional groups attached to an aromatic ring is 1. The molecule has 0 aromatic heterocycles. The van der Waals surface area contributed by atoms with Gasteiger partial charge in [0.25, 0.3) is 5.91 Å². The lowest BCUT2D eigenvalue weighted by atomic mass is 10.1. The minimum absolute atomic E-state index is 0.182. The molecule has 0 saturated heterocycles. The van der Waals surface area contributed by atoms with E-state index in [0.29, 0.717) is 22.8 Å². The van der Waals surface area contributed by atoms with Crippen LogP contribution >= 0.6 is 23.2 Å². The van der Waals surface area contributed by atoms with Gasteiger partial charge in [-0.1, -0.05) is 29.3 Å². The molecule has 0 saturated carbocycles. The summed E-state index contributed by atoms with van der Waals surface area (Å²) in [7, 11) is 1.72. The highest BCUT2D eigenvalue weighted by Gasteiger charge is 2.17. The van der Waals surface area contributed by atoms with E-state index in [2.05, 4.69) is 6.58 Å². The second-order valence-corrected chi connectivity index (χ2v) is 4.81. The number of hydrogen-bond donors (Lipinski definition) is 1. The maximum atomic E-state index is 12.2. The Labute approximate surface area is 117 Å². The number of nitrogens with two attached hydrogens (primary N) is 1. The fraction of sp³-hybridized carbons (Fsp3) is 0.308. The van der Waals surface area contributed by atoms with Gasteiger partial charge in [0.2, 0.25) is 0 Å². The minimum Gasteiger partial charge on any atom is -0.399 e. The highest BCUT2D eigenvalue weighted by atomic mass is 35.5. The lowest BCUT2D eigenvalue weighted by Gasteiger charge is -2.18. The van der Waals surface area contributed by atoms with E-state index < -0.39 is 0 Å². The SMILES string of the molecule is C=CCCCN(C)C(=O)c1cc(N)cc(Cl)c1Cl. The first-order chi connectivity index (χ1) is 8.47. The second kappa shape index (κ2) is 6.66.